The maximum absolute atomic E-state index is 13.1. The molecule has 1 aliphatic carbocycles. The predicted molar refractivity (Wildman–Crippen MR) is 68.7 cm³/mol. The molecule has 18 heavy (non-hydrogen) atoms. The summed E-state index contributed by atoms with van der Waals surface area (Å²) in [5.41, 5.74) is 5.03. The van der Waals surface area contributed by atoms with Crippen LogP contribution in [0.5, 0.6) is 0 Å². The van der Waals surface area contributed by atoms with E-state index in [0.29, 0.717) is 11.5 Å². The molecule has 0 heterocycles. The summed E-state index contributed by atoms with van der Waals surface area (Å²) in [6.07, 6.45) is 2.35. The molecule has 3 nitrogen and oxygen atoms in total. The topological polar surface area (TPSA) is 55.1 Å². The molecular formula is C13H16ClFN2O. The standard InChI is InChI=1S/C13H16ClFN2O/c1-13(12(16)18,17-7-8-2-3-8)9-4-5-11(15)10(14)6-9/h4-6,8,17H,2-3,7H2,1H3,(H2,16,18). The minimum absolute atomic E-state index is 0.00630. The van der Waals surface area contributed by atoms with E-state index in [2.05, 4.69) is 5.32 Å². The van der Waals surface area contributed by atoms with Gasteiger partial charge in [0.1, 0.15) is 11.4 Å². The van der Waals surface area contributed by atoms with Crippen molar-refractivity contribution in [2.24, 2.45) is 11.7 Å². The van der Waals surface area contributed by atoms with Crippen LogP contribution in [0.15, 0.2) is 18.2 Å². The fourth-order valence-corrected chi connectivity index (χ4v) is 1.99. The zero-order valence-electron chi connectivity index (χ0n) is 10.2. The van der Waals surface area contributed by atoms with Crippen LogP contribution in [0.1, 0.15) is 25.3 Å². The highest BCUT2D eigenvalue weighted by Crippen LogP contribution is 2.30. The summed E-state index contributed by atoms with van der Waals surface area (Å²) < 4.78 is 13.1. The van der Waals surface area contributed by atoms with Gasteiger partial charge in [-0.3, -0.25) is 10.1 Å². The Morgan fingerprint density at radius 2 is 2.28 bits per heavy atom. The molecule has 1 aromatic carbocycles. The Bertz CT molecular complexity index is 476. The van der Waals surface area contributed by atoms with Crippen molar-refractivity contribution in [2.45, 2.75) is 25.3 Å². The van der Waals surface area contributed by atoms with E-state index in [-0.39, 0.29) is 5.02 Å². The lowest BCUT2D eigenvalue weighted by Crippen LogP contribution is -2.51. The average molecular weight is 271 g/mol. The summed E-state index contributed by atoms with van der Waals surface area (Å²) in [5, 5.41) is 3.16. The third-order valence-electron chi connectivity index (χ3n) is 3.43. The fraction of sp³-hybridized carbons (Fsp3) is 0.462. The molecule has 0 bridgehead atoms. The van der Waals surface area contributed by atoms with Crippen molar-refractivity contribution in [2.75, 3.05) is 6.54 Å². The molecule has 0 aromatic heterocycles. The van der Waals surface area contributed by atoms with E-state index >= 15 is 0 Å². The van der Waals surface area contributed by atoms with Gasteiger partial charge in [-0.05, 0) is 49.9 Å². The van der Waals surface area contributed by atoms with Gasteiger partial charge in [-0.2, -0.15) is 0 Å². The first-order chi connectivity index (χ1) is 8.43. The van der Waals surface area contributed by atoms with E-state index in [1.54, 1.807) is 6.92 Å². The van der Waals surface area contributed by atoms with E-state index < -0.39 is 17.3 Å². The first-order valence-electron chi connectivity index (χ1n) is 5.94. The number of hydrogen-bond acceptors (Lipinski definition) is 2. The first kappa shape index (κ1) is 13.3. The number of benzene rings is 1. The zero-order valence-corrected chi connectivity index (χ0v) is 10.9. The van der Waals surface area contributed by atoms with Gasteiger partial charge in [0.25, 0.3) is 0 Å². The van der Waals surface area contributed by atoms with Gasteiger partial charge in [-0.15, -0.1) is 0 Å². The molecule has 1 amide bonds. The number of halogens is 2. The lowest BCUT2D eigenvalue weighted by Gasteiger charge is -2.28. The van der Waals surface area contributed by atoms with E-state index in [1.807, 2.05) is 0 Å². The predicted octanol–water partition coefficient (Wildman–Crippen LogP) is 2.18. The van der Waals surface area contributed by atoms with Crippen molar-refractivity contribution < 1.29 is 9.18 Å². The van der Waals surface area contributed by atoms with Gasteiger partial charge in [0.15, 0.2) is 0 Å². The summed E-state index contributed by atoms with van der Waals surface area (Å²) in [7, 11) is 0. The van der Waals surface area contributed by atoms with Crippen LogP contribution in [0.25, 0.3) is 0 Å². The summed E-state index contributed by atoms with van der Waals surface area (Å²) in [6, 6.07) is 4.23. The highest BCUT2D eigenvalue weighted by Gasteiger charge is 2.35. The molecule has 1 saturated carbocycles. The summed E-state index contributed by atoms with van der Waals surface area (Å²) in [6.45, 7) is 2.43. The number of primary amides is 1. The summed E-state index contributed by atoms with van der Waals surface area (Å²) >= 11 is 5.74. The molecule has 5 heteroatoms. The lowest BCUT2D eigenvalue weighted by molar-refractivity contribution is -0.124. The normalized spacial score (nSPS) is 18.4. The molecule has 0 saturated heterocycles. The number of rotatable bonds is 5. The van der Waals surface area contributed by atoms with Gasteiger partial charge >= 0.3 is 0 Å². The van der Waals surface area contributed by atoms with Crippen LogP contribution < -0.4 is 11.1 Å². The molecule has 1 fully saturated rings. The van der Waals surface area contributed by atoms with Crippen molar-refractivity contribution in [1.82, 2.24) is 5.32 Å². The third-order valence-corrected chi connectivity index (χ3v) is 3.72. The molecule has 0 spiro atoms. The molecule has 1 aromatic rings. The highest BCUT2D eigenvalue weighted by molar-refractivity contribution is 6.30. The van der Waals surface area contributed by atoms with Crippen LogP contribution in [0.4, 0.5) is 4.39 Å². The van der Waals surface area contributed by atoms with Crippen molar-refractivity contribution >= 4 is 17.5 Å². The molecule has 0 radical (unpaired) electrons. The van der Waals surface area contributed by atoms with E-state index in [0.717, 1.165) is 6.54 Å². The highest BCUT2D eigenvalue weighted by atomic mass is 35.5. The minimum atomic E-state index is -1.01. The molecule has 2 rings (SSSR count). The fourth-order valence-electron chi connectivity index (χ4n) is 1.81. The largest absolute Gasteiger partial charge is 0.368 e. The second kappa shape index (κ2) is 4.86. The summed E-state index contributed by atoms with van der Waals surface area (Å²) in [4.78, 5) is 11.7. The van der Waals surface area contributed by atoms with Crippen molar-refractivity contribution in [3.05, 3.63) is 34.6 Å². The summed E-state index contributed by atoms with van der Waals surface area (Å²) in [5.74, 6) is -0.389. The van der Waals surface area contributed by atoms with E-state index in [4.69, 9.17) is 17.3 Å². The van der Waals surface area contributed by atoms with Crippen LogP contribution in [-0.2, 0) is 10.3 Å². The molecule has 0 aliphatic heterocycles. The second-order valence-electron chi connectivity index (χ2n) is 4.94. The number of carbonyl (C=O) groups excluding carboxylic acids is 1. The van der Waals surface area contributed by atoms with Gasteiger partial charge in [0.05, 0.1) is 5.02 Å². The van der Waals surface area contributed by atoms with Crippen molar-refractivity contribution in [3.8, 4) is 0 Å². The Morgan fingerprint density at radius 3 is 2.78 bits per heavy atom. The van der Waals surface area contributed by atoms with Crippen LogP contribution in [0.2, 0.25) is 5.02 Å². The van der Waals surface area contributed by atoms with Gasteiger partial charge in [0, 0.05) is 0 Å². The molecular weight excluding hydrogens is 255 g/mol. The first-order valence-corrected chi connectivity index (χ1v) is 6.32. The zero-order chi connectivity index (χ0) is 13.3. The second-order valence-corrected chi connectivity index (χ2v) is 5.35. The van der Waals surface area contributed by atoms with Gasteiger partial charge in [-0.25, -0.2) is 4.39 Å². The van der Waals surface area contributed by atoms with Crippen LogP contribution in [0, 0.1) is 11.7 Å². The molecule has 1 unspecified atom stereocenters. The number of nitrogens with two attached hydrogens (primary N) is 1. The Balaban J connectivity index is 2.26. The monoisotopic (exact) mass is 270 g/mol. The number of carbonyl (C=O) groups is 1. The molecule has 98 valence electrons. The Hall–Kier alpha value is -1.13. The maximum atomic E-state index is 13.1. The molecule has 1 aliphatic rings. The Kier molecular flexibility index (Phi) is 3.59. The van der Waals surface area contributed by atoms with Crippen molar-refractivity contribution in [3.63, 3.8) is 0 Å². The van der Waals surface area contributed by atoms with Gasteiger partial charge in [0.2, 0.25) is 5.91 Å². The van der Waals surface area contributed by atoms with Crippen molar-refractivity contribution in [1.29, 1.82) is 0 Å². The number of amides is 1. The number of nitrogens with one attached hydrogen (secondary N) is 1. The SMILES string of the molecule is CC(NCC1CC1)(C(N)=O)c1ccc(F)c(Cl)c1. The average Bonchev–Trinajstić information content (AvgIpc) is 3.13. The maximum Gasteiger partial charge on any atom is 0.242 e. The van der Waals surface area contributed by atoms with Crippen LogP contribution >= 0.6 is 11.6 Å². The minimum Gasteiger partial charge on any atom is -0.368 e. The van der Waals surface area contributed by atoms with E-state index in [9.17, 15) is 9.18 Å². The lowest BCUT2D eigenvalue weighted by atomic mass is 9.91. The van der Waals surface area contributed by atoms with E-state index in [1.165, 1.54) is 31.0 Å². The molecule has 3 N–H and O–H groups in total. The van der Waals surface area contributed by atoms with Gasteiger partial charge in [-0.1, -0.05) is 17.7 Å². The molecule has 1 atom stereocenters. The quantitative estimate of drug-likeness (QED) is 0.862. The Labute approximate surface area is 111 Å². The Morgan fingerprint density at radius 1 is 1.61 bits per heavy atom. The third kappa shape index (κ3) is 2.65. The van der Waals surface area contributed by atoms with Crippen LogP contribution in [0.3, 0.4) is 0 Å². The smallest absolute Gasteiger partial charge is 0.242 e. The number of hydrogen-bond donors (Lipinski definition) is 2. The van der Waals surface area contributed by atoms with Crippen LogP contribution in [-0.4, -0.2) is 12.5 Å². The van der Waals surface area contributed by atoms with Gasteiger partial charge < -0.3 is 5.73 Å².